The van der Waals surface area contributed by atoms with E-state index in [1.165, 1.54) is 23.5 Å². The third-order valence-electron chi connectivity index (χ3n) is 3.77. The number of nitrogens with zero attached hydrogens (tertiary/aromatic N) is 1. The number of ether oxygens (including phenoxy) is 3. The molecule has 1 aliphatic rings. The van der Waals surface area contributed by atoms with Gasteiger partial charge in [0.25, 0.3) is 0 Å². The van der Waals surface area contributed by atoms with E-state index in [1.807, 2.05) is 20.8 Å². The highest BCUT2D eigenvalue weighted by Crippen LogP contribution is 2.29. The smallest absolute Gasteiger partial charge is 0.244 e. The van der Waals surface area contributed by atoms with Crippen LogP contribution in [0.5, 0.6) is 5.75 Å². The summed E-state index contributed by atoms with van der Waals surface area (Å²) < 4.78 is 41.1. The lowest BCUT2D eigenvalue weighted by Gasteiger charge is -2.27. The molecular formula is C20H32ClNO6S. The fourth-order valence-electron chi connectivity index (χ4n) is 2.50. The largest absolute Gasteiger partial charge is 0.497 e. The molecule has 1 aromatic carbocycles. The van der Waals surface area contributed by atoms with Crippen molar-refractivity contribution in [2.75, 3.05) is 39.3 Å². The molecule has 0 amide bonds. The lowest BCUT2D eigenvalue weighted by Crippen LogP contribution is -2.41. The van der Waals surface area contributed by atoms with Crippen LogP contribution in [-0.2, 0) is 19.5 Å². The summed E-state index contributed by atoms with van der Waals surface area (Å²) in [6, 6.07) is 4.46. The van der Waals surface area contributed by atoms with E-state index >= 15 is 0 Å². The Balaban J connectivity index is 0.000000664. The Bertz CT molecular complexity index is 720. The molecule has 1 heterocycles. The minimum atomic E-state index is -3.65. The normalized spacial score (nSPS) is 14.9. The topological polar surface area (TPSA) is 82.1 Å². The molecule has 1 aromatic rings. The zero-order chi connectivity index (χ0) is 22.4. The second-order valence-electron chi connectivity index (χ2n) is 5.64. The fraction of sp³-hybridized carbons (Fsp3) is 0.550. The van der Waals surface area contributed by atoms with Crippen molar-refractivity contribution < 1.29 is 27.4 Å². The summed E-state index contributed by atoms with van der Waals surface area (Å²) in [7, 11) is -2.20. The summed E-state index contributed by atoms with van der Waals surface area (Å²) in [5.74, 6) is 0.557. The highest BCUT2D eigenvalue weighted by molar-refractivity contribution is 7.89. The number of sulfonamides is 1. The number of alkyl halides is 1. The Morgan fingerprint density at radius 3 is 2.28 bits per heavy atom. The minimum Gasteiger partial charge on any atom is -0.497 e. The van der Waals surface area contributed by atoms with Crippen molar-refractivity contribution in [3.63, 3.8) is 0 Å². The molecule has 0 saturated carbocycles. The average Bonchev–Trinajstić information content (AvgIpc) is 2.72. The van der Waals surface area contributed by atoms with Gasteiger partial charge >= 0.3 is 0 Å². The molecule has 0 fully saturated rings. The summed E-state index contributed by atoms with van der Waals surface area (Å²) >= 11 is 5.57. The fourth-order valence-corrected chi connectivity index (χ4v) is 4.27. The van der Waals surface area contributed by atoms with Crippen molar-refractivity contribution in [2.24, 2.45) is 0 Å². The number of benzene rings is 1. The number of carbonyl (C=O) groups is 1. The van der Waals surface area contributed by atoms with Gasteiger partial charge in [-0.05, 0) is 39.3 Å². The van der Waals surface area contributed by atoms with Crippen molar-refractivity contribution in [2.45, 2.75) is 38.4 Å². The lowest BCUT2D eigenvalue weighted by molar-refractivity contribution is -0.123. The van der Waals surface area contributed by atoms with Crippen LogP contribution in [0.2, 0.25) is 0 Å². The lowest BCUT2D eigenvalue weighted by atomic mass is 10.1. The molecule has 9 heteroatoms. The maximum absolute atomic E-state index is 12.4. The van der Waals surface area contributed by atoms with Crippen LogP contribution in [0.15, 0.2) is 36.3 Å². The molecule has 0 atom stereocenters. The van der Waals surface area contributed by atoms with Gasteiger partial charge in [0.15, 0.2) is 12.1 Å². The average molecular weight is 450 g/mol. The molecule has 2 rings (SSSR count). The molecule has 0 aromatic heterocycles. The molecule has 0 unspecified atom stereocenters. The Kier molecular flexibility index (Phi) is 13.8. The van der Waals surface area contributed by atoms with Crippen LogP contribution in [0.25, 0.3) is 0 Å². The zero-order valence-electron chi connectivity index (χ0n) is 17.6. The van der Waals surface area contributed by atoms with Gasteiger partial charge in [-0.1, -0.05) is 0 Å². The quantitative estimate of drug-likeness (QED) is 0.341. The van der Waals surface area contributed by atoms with Crippen LogP contribution < -0.4 is 4.74 Å². The predicted molar refractivity (Wildman–Crippen MR) is 115 cm³/mol. The molecule has 0 aliphatic carbocycles. The van der Waals surface area contributed by atoms with E-state index < -0.39 is 10.0 Å². The monoisotopic (exact) mass is 449 g/mol. The first-order valence-corrected chi connectivity index (χ1v) is 11.3. The summed E-state index contributed by atoms with van der Waals surface area (Å²) in [4.78, 5) is 12.0. The summed E-state index contributed by atoms with van der Waals surface area (Å²) in [6.45, 7) is 13.4. The van der Waals surface area contributed by atoms with Crippen LogP contribution in [0.4, 0.5) is 0 Å². The third kappa shape index (κ3) is 8.44. The van der Waals surface area contributed by atoms with E-state index in [-0.39, 0.29) is 35.6 Å². The maximum atomic E-state index is 12.4. The molecule has 0 saturated heterocycles. The van der Waals surface area contributed by atoms with Crippen LogP contribution >= 0.6 is 11.6 Å². The third-order valence-corrected chi connectivity index (χ3v) is 5.92. The molecule has 29 heavy (non-hydrogen) atoms. The van der Waals surface area contributed by atoms with E-state index in [1.54, 1.807) is 6.07 Å². The molecule has 1 aliphatic heterocycles. The Morgan fingerprint density at radius 2 is 1.79 bits per heavy atom. The van der Waals surface area contributed by atoms with E-state index in [4.69, 9.17) is 25.8 Å². The maximum Gasteiger partial charge on any atom is 0.244 e. The van der Waals surface area contributed by atoms with E-state index in [0.717, 1.165) is 13.2 Å². The number of rotatable bonds is 8. The minimum absolute atomic E-state index is 0.0117. The first-order chi connectivity index (χ1) is 13.8. The van der Waals surface area contributed by atoms with Gasteiger partial charge in [0.1, 0.15) is 5.75 Å². The van der Waals surface area contributed by atoms with Gasteiger partial charge in [0.2, 0.25) is 10.0 Å². The number of Topliss-reactive ketones (excluding diaryl/α,β-unsaturated/α-hetero) is 1. The van der Waals surface area contributed by atoms with Crippen molar-refractivity contribution in [1.82, 2.24) is 4.31 Å². The van der Waals surface area contributed by atoms with E-state index in [0.29, 0.717) is 18.1 Å². The summed E-state index contributed by atoms with van der Waals surface area (Å²) in [5, 5.41) is 0. The van der Waals surface area contributed by atoms with Gasteiger partial charge in [-0.15, -0.1) is 24.8 Å². The Hall–Kier alpha value is -1.45. The van der Waals surface area contributed by atoms with Crippen molar-refractivity contribution in [3.8, 4) is 5.75 Å². The standard InChI is InChI=1S/C12H14ClNO4S.C6H14O2.C2H4/c1-18-9-3-4-10-11(15)8-14(6-2-5-13)19(16,17)12(10)7-9;1-4-7-6(3)8-5-2;1-2/h3-4,7H,2,5-6,8H2,1H3;6H,4-5H2,1-3H3;1-2H2. The van der Waals surface area contributed by atoms with Crippen molar-refractivity contribution in [1.29, 1.82) is 0 Å². The second-order valence-corrected chi connectivity index (χ2v) is 7.93. The Labute approximate surface area is 179 Å². The van der Waals surface area contributed by atoms with Crippen LogP contribution in [0, 0.1) is 0 Å². The molecule has 0 bridgehead atoms. The SMILES string of the molecule is C=C.CCOC(C)OCC.COc1ccc2c(c1)S(=O)(=O)N(CCCCl)CC2=O. The number of halogens is 1. The van der Waals surface area contributed by atoms with Crippen molar-refractivity contribution in [3.05, 3.63) is 36.9 Å². The number of carbonyl (C=O) groups excluding carboxylic acids is 1. The highest BCUT2D eigenvalue weighted by atomic mass is 35.5. The van der Waals surface area contributed by atoms with E-state index in [9.17, 15) is 13.2 Å². The molecule has 0 spiro atoms. The summed E-state index contributed by atoms with van der Waals surface area (Å²) in [5.41, 5.74) is 0.225. The van der Waals surface area contributed by atoms with Crippen molar-refractivity contribution >= 4 is 27.4 Å². The van der Waals surface area contributed by atoms with Crippen LogP contribution in [0.3, 0.4) is 0 Å². The number of hydrogen-bond donors (Lipinski definition) is 0. The summed E-state index contributed by atoms with van der Waals surface area (Å²) in [6.07, 6.45) is 0.470. The van der Waals surface area contributed by atoms with Gasteiger partial charge < -0.3 is 14.2 Å². The number of fused-ring (bicyclic) bond motifs is 1. The first kappa shape index (κ1) is 27.5. The van der Waals surface area contributed by atoms with Gasteiger partial charge in [0.05, 0.1) is 18.6 Å². The predicted octanol–water partition coefficient (Wildman–Crippen LogP) is 3.72. The second kappa shape index (κ2) is 14.5. The Morgan fingerprint density at radius 1 is 1.21 bits per heavy atom. The number of hydrogen-bond acceptors (Lipinski definition) is 6. The van der Waals surface area contributed by atoms with E-state index in [2.05, 4.69) is 13.2 Å². The molecule has 7 nitrogen and oxygen atoms in total. The molecule has 0 radical (unpaired) electrons. The number of ketones is 1. The van der Waals surface area contributed by atoms with Gasteiger partial charge in [0, 0.05) is 37.3 Å². The van der Waals surface area contributed by atoms with Gasteiger partial charge in [-0.3, -0.25) is 4.79 Å². The van der Waals surface area contributed by atoms with Crippen LogP contribution in [0.1, 0.15) is 37.6 Å². The zero-order valence-corrected chi connectivity index (χ0v) is 19.2. The molecular weight excluding hydrogens is 418 g/mol. The van der Waals surface area contributed by atoms with Gasteiger partial charge in [-0.25, -0.2) is 8.42 Å². The number of methoxy groups -OCH3 is 1. The van der Waals surface area contributed by atoms with Crippen LogP contribution in [-0.4, -0.2) is 64.1 Å². The molecule has 0 N–H and O–H groups in total. The molecule has 166 valence electrons. The van der Waals surface area contributed by atoms with Gasteiger partial charge in [-0.2, -0.15) is 4.31 Å². The highest BCUT2D eigenvalue weighted by Gasteiger charge is 2.35. The first-order valence-electron chi connectivity index (χ1n) is 9.32.